The fourth-order valence-corrected chi connectivity index (χ4v) is 4.86. The van der Waals surface area contributed by atoms with Crippen molar-refractivity contribution < 1.29 is 17.6 Å². The first-order chi connectivity index (χ1) is 14.4. The van der Waals surface area contributed by atoms with Gasteiger partial charge in [-0.15, -0.1) is 0 Å². The minimum Gasteiger partial charge on any atom is -0.350 e. The Morgan fingerprint density at radius 2 is 1.90 bits per heavy atom. The molecule has 2 aromatic heterocycles. The quantitative estimate of drug-likeness (QED) is 0.485. The summed E-state index contributed by atoms with van der Waals surface area (Å²) in [5, 5.41) is 3.41. The number of pyridine rings is 1. The van der Waals surface area contributed by atoms with Crippen molar-refractivity contribution in [1.82, 2.24) is 15.3 Å². The lowest BCUT2D eigenvalue weighted by Gasteiger charge is -2.09. The van der Waals surface area contributed by atoms with E-state index >= 15 is 0 Å². The molecule has 30 heavy (non-hydrogen) atoms. The van der Waals surface area contributed by atoms with Crippen LogP contribution < -0.4 is 5.32 Å². The van der Waals surface area contributed by atoms with Gasteiger partial charge in [-0.25, -0.2) is 12.8 Å². The van der Waals surface area contributed by atoms with Crippen molar-refractivity contribution >= 4 is 38.2 Å². The Morgan fingerprint density at radius 1 is 1.13 bits per heavy atom. The first-order valence-electron chi connectivity index (χ1n) is 8.85. The van der Waals surface area contributed by atoms with Crippen LogP contribution in [0.2, 0.25) is 5.02 Å². The number of hydrogen-bond acceptors (Lipinski definition) is 4. The van der Waals surface area contributed by atoms with Crippen molar-refractivity contribution in [3.63, 3.8) is 0 Å². The van der Waals surface area contributed by atoms with Crippen LogP contribution in [0.1, 0.15) is 16.1 Å². The van der Waals surface area contributed by atoms with E-state index in [4.69, 9.17) is 11.6 Å². The van der Waals surface area contributed by atoms with E-state index in [1.54, 1.807) is 36.7 Å². The van der Waals surface area contributed by atoms with Crippen LogP contribution in [0.5, 0.6) is 0 Å². The normalized spacial score (nSPS) is 11.5. The van der Waals surface area contributed by atoms with Crippen molar-refractivity contribution in [3.8, 4) is 0 Å². The smallest absolute Gasteiger partial charge is 0.267 e. The number of sulfone groups is 1. The average Bonchev–Trinajstić information content (AvgIpc) is 3.16. The second kappa shape index (κ2) is 7.89. The van der Waals surface area contributed by atoms with Crippen LogP contribution in [0.25, 0.3) is 10.9 Å². The van der Waals surface area contributed by atoms with E-state index < -0.39 is 20.5 Å². The number of nitrogens with zero attached hydrogens (tertiary/aromatic N) is 1. The number of H-pyrrole nitrogens is 1. The molecule has 0 aliphatic carbocycles. The zero-order valence-corrected chi connectivity index (χ0v) is 17.0. The largest absolute Gasteiger partial charge is 0.350 e. The fraction of sp³-hybridized carbons (Fsp3) is 0.0476. The van der Waals surface area contributed by atoms with E-state index in [0.29, 0.717) is 11.3 Å². The topological polar surface area (TPSA) is 91.9 Å². The molecule has 6 nitrogen and oxygen atoms in total. The Labute approximate surface area is 176 Å². The molecule has 0 aliphatic heterocycles. The molecular weight excluding hydrogens is 429 g/mol. The molecule has 0 bridgehead atoms. The van der Waals surface area contributed by atoms with Gasteiger partial charge in [0.25, 0.3) is 5.91 Å². The number of amides is 1. The van der Waals surface area contributed by atoms with Crippen LogP contribution >= 0.6 is 11.6 Å². The van der Waals surface area contributed by atoms with Gasteiger partial charge in [0.15, 0.2) is 0 Å². The van der Waals surface area contributed by atoms with Crippen molar-refractivity contribution in [1.29, 1.82) is 0 Å². The van der Waals surface area contributed by atoms with Gasteiger partial charge in [0.2, 0.25) is 9.84 Å². The molecule has 1 amide bonds. The maximum atomic E-state index is 14.0. The van der Waals surface area contributed by atoms with Gasteiger partial charge in [0, 0.05) is 29.8 Å². The molecule has 152 valence electrons. The van der Waals surface area contributed by atoms with Gasteiger partial charge in [0.05, 0.1) is 9.92 Å². The van der Waals surface area contributed by atoms with Crippen molar-refractivity contribution in [3.05, 3.63) is 89.1 Å². The molecule has 0 saturated heterocycles. The lowest BCUT2D eigenvalue weighted by Crippen LogP contribution is -2.23. The molecule has 2 heterocycles. The molecule has 9 heteroatoms. The monoisotopic (exact) mass is 443 g/mol. The van der Waals surface area contributed by atoms with Crippen LogP contribution in [0.4, 0.5) is 4.39 Å². The highest BCUT2D eigenvalue weighted by molar-refractivity contribution is 7.91. The predicted octanol–water partition coefficient (Wildman–Crippen LogP) is 4.12. The molecule has 4 aromatic rings. The van der Waals surface area contributed by atoms with Crippen molar-refractivity contribution in [2.75, 3.05) is 0 Å². The summed E-state index contributed by atoms with van der Waals surface area (Å²) in [6.45, 7) is 0.188. The molecule has 0 atom stereocenters. The summed E-state index contributed by atoms with van der Waals surface area (Å²) < 4.78 is 39.5. The summed E-state index contributed by atoms with van der Waals surface area (Å²) in [6.07, 6.45) is 3.29. The van der Waals surface area contributed by atoms with E-state index in [-0.39, 0.29) is 22.4 Å². The SMILES string of the molecule is O=C(NCc1ccc(S(=O)(=O)c2c(F)cccc2Cl)cc1)c1cc2cnccc2[nH]1. The lowest BCUT2D eigenvalue weighted by molar-refractivity contribution is 0.0946. The average molecular weight is 444 g/mol. The molecule has 0 spiro atoms. The number of hydrogen-bond donors (Lipinski definition) is 2. The summed E-state index contributed by atoms with van der Waals surface area (Å²) in [7, 11) is -4.11. The minimum absolute atomic E-state index is 0.0901. The van der Waals surface area contributed by atoms with Gasteiger partial charge in [-0.2, -0.15) is 0 Å². The highest BCUT2D eigenvalue weighted by Gasteiger charge is 2.24. The number of nitrogens with one attached hydrogen (secondary N) is 2. The third kappa shape index (κ3) is 3.79. The highest BCUT2D eigenvalue weighted by atomic mass is 35.5. The third-order valence-corrected chi connectivity index (χ3v) is 6.81. The number of halogens is 2. The van der Waals surface area contributed by atoms with Crippen LogP contribution in [0, 0.1) is 5.82 Å². The zero-order chi connectivity index (χ0) is 21.3. The van der Waals surface area contributed by atoms with E-state index in [1.165, 1.54) is 24.3 Å². The lowest BCUT2D eigenvalue weighted by atomic mass is 10.2. The van der Waals surface area contributed by atoms with Crippen LogP contribution in [-0.4, -0.2) is 24.3 Å². The predicted molar refractivity (Wildman–Crippen MR) is 111 cm³/mol. The Morgan fingerprint density at radius 3 is 2.60 bits per heavy atom. The maximum Gasteiger partial charge on any atom is 0.267 e. The van der Waals surface area contributed by atoms with Gasteiger partial charge in [0.1, 0.15) is 16.4 Å². The van der Waals surface area contributed by atoms with Crippen LogP contribution in [0.3, 0.4) is 0 Å². The number of aromatic amines is 1. The van der Waals surface area contributed by atoms with E-state index in [9.17, 15) is 17.6 Å². The molecule has 2 aromatic carbocycles. The molecular formula is C21H15ClFN3O3S. The zero-order valence-electron chi connectivity index (χ0n) is 15.4. The van der Waals surface area contributed by atoms with Crippen molar-refractivity contribution in [2.45, 2.75) is 16.3 Å². The Hall–Kier alpha value is -3.23. The molecule has 4 rings (SSSR count). The number of aromatic nitrogens is 2. The highest BCUT2D eigenvalue weighted by Crippen LogP contribution is 2.30. The molecule has 2 N–H and O–H groups in total. The van der Waals surface area contributed by atoms with Crippen LogP contribution in [-0.2, 0) is 16.4 Å². The van der Waals surface area contributed by atoms with Crippen LogP contribution in [0.15, 0.2) is 76.8 Å². The van der Waals surface area contributed by atoms with E-state index in [1.807, 2.05) is 0 Å². The molecule has 0 radical (unpaired) electrons. The number of rotatable bonds is 5. The van der Waals surface area contributed by atoms with Gasteiger partial charge in [-0.3, -0.25) is 9.78 Å². The molecule has 0 aliphatic rings. The van der Waals surface area contributed by atoms with Gasteiger partial charge in [-0.1, -0.05) is 29.8 Å². The van der Waals surface area contributed by atoms with Gasteiger partial charge >= 0.3 is 0 Å². The van der Waals surface area contributed by atoms with Gasteiger partial charge in [-0.05, 0) is 42.0 Å². The number of carbonyl (C=O) groups is 1. The summed E-state index contributed by atoms with van der Waals surface area (Å²) in [5.74, 6) is -1.21. The second-order valence-electron chi connectivity index (χ2n) is 6.53. The summed E-state index contributed by atoms with van der Waals surface area (Å²) in [4.78, 5) is 18.7. The summed E-state index contributed by atoms with van der Waals surface area (Å²) in [6, 6.07) is 13.0. The Balaban J connectivity index is 1.49. The Kier molecular flexibility index (Phi) is 5.27. The molecule has 0 unspecified atom stereocenters. The standard InChI is InChI=1S/C21H15ClFN3O3S/c22-16-2-1-3-17(23)20(16)30(28,29)15-6-4-13(5-7-15)11-25-21(27)19-10-14-12-24-9-8-18(14)26-19/h1-10,12,26H,11H2,(H,25,27). The summed E-state index contributed by atoms with van der Waals surface area (Å²) >= 11 is 5.89. The molecule has 0 fully saturated rings. The number of fused-ring (bicyclic) bond motifs is 1. The fourth-order valence-electron chi connectivity index (χ4n) is 3.02. The molecule has 0 saturated carbocycles. The first-order valence-corrected chi connectivity index (χ1v) is 10.7. The summed E-state index contributed by atoms with van der Waals surface area (Å²) in [5.41, 5.74) is 1.88. The maximum absolute atomic E-state index is 14.0. The first kappa shape index (κ1) is 20.1. The Bertz CT molecular complexity index is 1300. The second-order valence-corrected chi connectivity index (χ2v) is 8.82. The minimum atomic E-state index is -4.11. The van der Waals surface area contributed by atoms with E-state index in [2.05, 4.69) is 15.3 Å². The van der Waals surface area contributed by atoms with Gasteiger partial charge < -0.3 is 10.3 Å². The van der Waals surface area contributed by atoms with E-state index in [0.717, 1.165) is 17.0 Å². The third-order valence-electron chi connectivity index (χ3n) is 4.54. The van der Waals surface area contributed by atoms with Crippen molar-refractivity contribution in [2.24, 2.45) is 0 Å². The number of benzene rings is 2. The number of carbonyl (C=O) groups excluding carboxylic acids is 1.